The van der Waals surface area contributed by atoms with E-state index in [1.165, 1.54) is 31.8 Å². The minimum atomic E-state index is -0.485. The lowest BCUT2D eigenvalue weighted by Crippen LogP contribution is -2.33. The van der Waals surface area contributed by atoms with Crippen LogP contribution in [0.15, 0.2) is 46.0 Å². The maximum absolute atomic E-state index is 13.6. The molecule has 2 heterocycles. The quantitative estimate of drug-likeness (QED) is 0.424. The number of halogens is 2. The topological polar surface area (TPSA) is 90.4 Å². The number of benzene rings is 2. The van der Waals surface area contributed by atoms with E-state index in [9.17, 15) is 18.8 Å². The zero-order valence-electron chi connectivity index (χ0n) is 20.1. The van der Waals surface area contributed by atoms with Crippen LogP contribution in [0.4, 0.5) is 4.39 Å². The van der Waals surface area contributed by atoms with Gasteiger partial charge in [-0.1, -0.05) is 44.4 Å². The first-order chi connectivity index (χ1) is 17.2. The number of carbonyl (C=O) groups is 1. The van der Waals surface area contributed by atoms with Gasteiger partial charge in [0.05, 0.1) is 17.4 Å². The Hall–Kier alpha value is -3.46. The SMILES string of the molecule is CC(C)Cn1c(=O)c2ccc(C(=O)NC3CCCC3)cc2n2c(=O)n(Cc3ccc(F)cc3Cl)nc12. The first kappa shape index (κ1) is 24.2. The van der Waals surface area contributed by atoms with E-state index in [0.29, 0.717) is 28.6 Å². The molecule has 0 spiro atoms. The van der Waals surface area contributed by atoms with Gasteiger partial charge < -0.3 is 5.32 Å². The summed E-state index contributed by atoms with van der Waals surface area (Å²) in [5.41, 5.74) is 0.433. The molecule has 4 aromatic rings. The summed E-state index contributed by atoms with van der Waals surface area (Å²) in [6.07, 6.45) is 4.07. The molecule has 1 fully saturated rings. The van der Waals surface area contributed by atoms with Crippen LogP contribution in [0.2, 0.25) is 5.02 Å². The standard InChI is InChI=1S/C26H27ClFN5O3/c1-15(2)13-31-24(35)20-10-8-16(23(34)29-19-5-3-4-6-19)11-22(20)33-25(31)30-32(26(33)36)14-17-7-9-18(28)12-21(17)27/h7-12,15,19H,3-6,13-14H2,1-2H3,(H,29,34). The molecule has 0 aliphatic heterocycles. The number of rotatable bonds is 6. The van der Waals surface area contributed by atoms with E-state index in [1.54, 1.807) is 18.2 Å². The largest absolute Gasteiger partial charge is 0.352 e. The van der Waals surface area contributed by atoms with Crippen molar-refractivity contribution in [3.8, 4) is 0 Å². The molecule has 10 heteroatoms. The Labute approximate surface area is 211 Å². The lowest BCUT2D eigenvalue weighted by Gasteiger charge is -2.14. The fourth-order valence-corrected chi connectivity index (χ4v) is 5.07. The summed E-state index contributed by atoms with van der Waals surface area (Å²) in [6.45, 7) is 4.29. The van der Waals surface area contributed by atoms with E-state index in [1.807, 2.05) is 13.8 Å². The lowest BCUT2D eigenvalue weighted by atomic mass is 10.1. The number of aromatic nitrogens is 4. The van der Waals surface area contributed by atoms with Gasteiger partial charge in [0.25, 0.3) is 11.5 Å². The molecule has 1 aliphatic carbocycles. The zero-order chi connectivity index (χ0) is 25.6. The molecule has 1 amide bonds. The van der Waals surface area contributed by atoms with Crippen molar-refractivity contribution in [2.45, 2.75) is 58.7 Å². The van der Waals surface area contributed by atoms with Crippen molar-refractivity contribution < 1.29 is 9.18 Å². The molecule has 36 heavy (non-hydrogen) atoms. The first-order valence-electron chi connectivity index (χ1n) is 12.1. The normalized spacial score (nSPS) is 14.4. The second-order valence-corrected chi connectivity index (χ2v) is 10.2. The van der Waals surface area contributed by atoms with Crippen molar-refractivity contribution in [2.24, 2.45) is 5.92 Å². The molecule has 0 bridgehead atoms. The molecule has 2 aromatic heterocycles. The van der Waals surface area contributed by atoms with Crippen molar-refractivity contribution in [3.05, 3.63) is 79.2 Å². The molecule has 1 N–H and O–H groups in total. The fraction of sp³-hybridized carbons (Fsp3) is 0.385. The highest BCUT2D eigenvalue weighted by atomic mass is 35.5. The number of amides is 1. The second-order valence-electron chi connectivity index (χ2n) is 9.81. The molecule has 8 nitrogen and oxygen atoms in total. The van der Waals surface area contributed by atoms with Gasteiger partial charge in [-0.15, -0.1) is 5.10 Å². The van der Waals surface area contributed by atoms with Crippen LogP contribution < -0.4 is 16.6 Å². The van der Waals surface area contributed by atoms with E-state index in [0.717, 1.165) is 25.7 Å². The van der Waals surface area contributed by atoms with Crippen LogP contribution in [0.3, 0.4) is 0 Å². The molecule has 0 unspecified atom stereocenters. The average molecular weight is 512 g/mol. The molecule has 2 aromatic carbocycles. The number of carbonyl (C=O) groups excluding carboxylic acids is 1. The Morgan fingerprint density at radius 3 is 2.61 bits per heavy atom. The van der Waals surface area contributed by atoms with Crippen molar-refractivity contribution >= 4 is 34.2 Å². The molecule has 188 valence electrons. The van der Waals surface area contributed by atoms with Crippen LogP contribution >= 0.6 is 11.6 Å². The van der Waals surface area contributed by atoms with Crippen LogP contribution in [-0.2, 0) is 13.1 Å². The minimum absolute atomic E-state index is 0.00114. The van der Waals surface area contributed by atoms with E-state index in [2.05, 4.69) is 10.4 Å². The summed E-state index contributed by atoms with van der Waals surface area (Å²) < 4.78 is 17.6. The van der Waals surface area contributed by atoms with Gasteiger partial charge in [-0.2, -0.15) is 0 Å². The van der Waals surface area contributed by atoms with Crippen LogP contribution in [0.25, 0.3) is 16.7 Å². The molecular weight excluding hydrogens is 485 g/mol. The van der Waals surface area contributed by atoms with Gasteiger partial charge in [0, 0.05) is 23.2 Å². The van der Waals surface area contributed by atoms with Gasteiger partial charge in [0.2, 0.25) is 5.78 Å². The highest BCUT2D eigenvalue weighted by Gasteiger charge is 2.22. The van der Waals surface area contributed by atoms with Gasteiger partial charge in [-0.25, -0.2) is 18.3 Å². The maximum atomic E-state index is 13.6. The third-order valence-corrected chi connectivity index (χ3v) is 6.97. The number of fused-ring (bicyclic) bond motifs is 3. The molecule has 0 atom stereocenters. The average Bonchev–Trinajstić information content (AvgIpc) is 3.46. The van der Waals surface area contributed by atoms with E-state index < -0.39 is 11.5 Å². The predicted octanol–water partition coefficient (Wildman–Crippen LogP) is 3.98. The number of hydrogen-bond donors (Lipinski definition) is 1. The van der Waals surface area contributed by atoms with Gasteiger partial charge in [-0.05, 0) is 54.7 Å². The smallest absolute Gasteiger partial charge is 0.349 e. The molecule has 1 saturated carbocycles. The summed E-state index contributed by atoms with van der Waals surface area (Å²) in [7, 11) is 0. The second kappa shape index (κ2) is 9.54. The summed E-state index contributed by atoms with van der Waals surface area (Å²) in [6, 6.07) is 8.87. The Bertz CT molecular complexity index is 1600. The van der Waals surface area contributed by atoms with Gasteiger partial charge >= 0.3 is 5.69 Å². The first-order valence-corrected chi connectivity index (χ1v) is 12.5. The van der Waals surface area contributed by atoms with E-state index in [-0.39, 0.29) is 40.8 Å². The molecule has 0 saturated heterocycles. The van der Waals surface area contributed by atoms with E-state index in [4.69, 9.17) is 11.6 Å². The Morgan fingerprint density at radius 2 is 1.92 bits per heavy atom. The summed E-state index contributed by atoms with van der Waals surface area (Å²) >= 11 is 6.19. The summed E-state index contributed by atoms with van der Waals surface area (Å²) in [4.78, 5) is 39.9. The van der Waals surface area contributed by atoms with Crippen molar-refractivity contribution in [1.29, 1.82) is 0 Å². The minimum Gasteiger partial charge on any atom is -0.349 e. The Balaban J connectivity index is 1.68. The zero-order valence-corrected chi connectivity index (χ0v) is 20.9. The van der Waals surface area contributed by atoms with Gasteiger partial charge in [0.15, 0.2) is 0 Å². The summed E-state index contributed by atoms with van der Waals surface area (Å²) in [5.74, 6) is -0.418. The molecule has 0 radical (unpaired) electrons. The van der Waals surface area contributed by atoms with E-state index >= 15 is 0 Å². The number of nitrogens with zero attached hydrogens (tertiary/aromatic N) is 4. The molecular formula is C26H27ClFN5O3. The van der Waals surface area contributed by atoms with Crippen molar-refractivity contribution in [1.82, 2.24) is 24.1 Å². The monoisotopic (exact) mass is 511 g/mol. The summed E-state index contributed by atoms with van der Waals surface area (Å²) in [5, 5.41) is 8.01. The maximum Gasteiger partial charge on any atom is 0.352 e. The van der Waals surface area contributed by atoms with Crippen molar-refractivity contribution in [3.63, 3.8) is 0 Å². The third-order valence-electron chi connectivity index (χ3n) is 6.61. The van der Waals surface area contributed by atoms with Crippen LogP contribution in [0.5, 0.6) is 0 Å². The van der Waals surface area contributed by atoms with Gasteiger partial charge in [-0.3, -0.25) is 14.2 Å². The van der Waals surface area contributed by atoms with Crippen LogP contribution in [0.1, 0.15) is 55.5 Å². The van der Waals surface area contributed by atoms with Gasteiger partial charge in [0.1, 0.15) is 5.82 Å². The fourth-order valence-electron chi connectivity index (χ4n) is 4.84. The third kappa shape index (κ3) is 4.43. The van der Waals surface area contributed by atoms with Crippen molar-refractivity contribution in [2.75, 3.05) is 0 Å². The molecule has 1 aliphatic rings. The highest BCUT2D eigenvalue weighted by Crippen LogP contribution is 2.21. The number of nitrogens with one attached hydrogen (secondary N) is 1. The highest BCUT2D eigenvalue weighted by molar-refractivity contribution is 6.31. The number of hydrogen-bond acceptors (Lipinski definition) is 4. The van der Waals surface area contributed by atoms with Crippen LogP contribution in [0, 0.1) is 11.7 Å². The predicted molar refractivity (Wildman–Crippen MR) is 136 cm³/mol. The lowest BCUT2D eigenvalue weighted by molar-refractivity contribution is 0.0938. The Kier molecular flexibility index (Phi) is 6.42. The van der Waals surface area contributed by atoms with Crippen LogP contribution in [-0.4, -0.2) is 30.7 Å². The Morgan fingerprint density at radius 1 is 1.17 bits per heavy atom. The molecule has 5 rings (SSSR count).